The third-order valence-electron chi connectivity index (χ3n) is 5.68. The highest BCUT2D eigenvalue weighted by atomic mass is 16.6. The molecule has 0 unspecified atom stereocenters. The Morgan fingerprint density at radius 3 is 2.08 bits per heavy atom. The van der Waals surface area contributed by atoms with E-state index in [9.17, 15) is 9.59 Å². The molecule has 0 aliphatic carbocycles. The second kappa shape index (κ2) is 21.2. The predicted molar refractivity (Wildman–Crippen MR) is 158 cm³/mol. The topological polar surface area (TPSA) is 61.9 Å². The molecule has 0 atom stereocenters. The number of para-hydroxylation sites is 1. The minimum atomic E-state index is -0.418. The van der Waals surface area contributed by atoms with Crippen molar-refractivity contribution in [3.05, 3.63) is 54.6 Å². The number of hydrogen-bond donors (Lipinski definition) is 1. The summed E-state index contributed by atoms with van der Waals surface area (Å²) in [5.74, 6) is 0.191. The van der Waals surface area contributed by atoms with Gasteiger partial charge in [0.05, 0.1) is 5.69 Å². The van der Waals surface area contributed by atoms with E-state index >= 15 is 0 Å². The van der Waals surface area contributed by atoms with E-state index < -0.39 is 6.09 Å². The molecule has 37 heavy (non-hydrogen) atoms. The molecule has 2 amide bonds. The van der Waals surface area contributed by atoms with E-state index in [0.29, 0.717) is 6.42 Å². The number of carbonyl (C=O) groups is 2. The van der Waals surface area contributed by atoms with Crippen LogP contribution < -0.4 is 5.32 Å². The van der Waals surface area contributed by atoms with Crippen molar-refractivity contribution in [3.8, 4) is 11.1 Å². The summed E-state index contributed by atoms with van der Waals surface area (Å²) in [7, 11) is 1.86. The minimum absolute atomic E-state index is 0.0985. The normalized spacial score (nSPS) is 12.9. The van der Waals surface area contributed by atoms with Gasteiger partial charge >= 0.3 is 6.09 Å². The van der Waals surface area contributed by atoms with Gasteiger partial charge in [-0.25, -0.2) is 4.79 Å². The van der Waals surface area contributed by atoms with Crippen LogP contribution in [0.3, 0.4) is 0 Å². The molecule has 1 saturated heterocycles. The predicted octanol–water partition coefficient (Wildman–Crippen LogP) is 7.70. The van der Waals surface area contributed by atoms with Gasteiger partial charge in [-0.15, -0.1) is 0 Å². The molecule has 0 bridgehead atoms. The first-order valence-electron chi connectivity index (χ1n) is 14.1. The van der Waals surface area contributed by atoms with Crippen LogP contribution in [0.5, 0.6) is 0 Å². The van der Waals surface area contributed by atoms with Crippen LogP contribution in [0.1, 0.15) is 74.1 Å². The number of likely N-dealkylation sites (tertiary alicyclic amines) is 1. The van der Waals surface area contributed by atoms with Crippen LogP contribution in [-0.4, -0.2) is 61.1 Å². The molecule has 2 aromatic carbocycles. The molecule has 1 heterocycles. The summed E-state index contributed by atoms with van der Waals surface area (Å²) in [5.41, 5.74) is 2.75. The Morgan fingerprint density at radius 2 is 1.49 bits per heavy atom. The van der Waals surface area contributed by atoms with E-state index in [1.165, 1.54) is 0 Å². The number of hydrogen-bond acceptors (Lipinski definition) is 4. The Labute approximate surface area is 226 Å². The summed E-state index contributed by atoms with van der Waals surface area (Å²) >= 11 is 0. The van der Waals surface area contributed by atoms with Crippen LogP contribution in [0.15, 0.2) is 54.6 Å². The first-order valence-corrected chi connectivity index (χ1v) is 14.1. The minimum Gasteiger partial charge on any atom is -0.446 e. The molecule has 0 aromatic heterocycles. The maximum absolute atomic E-state index is 12.5. The fourth-order valence-corrected chi connectivity index (χ4v) is 3.91. The third kappa shape index (κ3) is 12.8. The Kier molecular flexibility index (Phi) is 19.6. The molecule has 0 radical (unpaired) electrons. The van der Waals surface area contributed by atoms with Gasteiger partial charge in [0.1, 0.15) is 6.10 Å². The number of piperidine rings is 1. The number of ether oxygens (including phenoxy) is 1. The van der Waals surface area contributed by atoms with Crippen molar-refractivity contribution >= 4 is 17.7 Å². The van der Waals surface area contributed by atoms with E-state index in [2.05, 4.69) is 17.1 Å². The van der Waals surface area contributed by atoms with Gasteiger partial charge in [-0.1, -0.05) is 97.0 Å². The first kappa shape index (κ1) is 34.1. The molecule has 1 aliphatic heterocycles. The molecule has 0 spiro atoms. The van der Waals surface area contributed by atoms with Crippen LogP contribution in [0.4, 0.5) is 10.5 Å². The van der Waals surface area contributed by atoms with Gasteiger partial charge < -0.3 is 14.5 Å². The summed E-state index contributed by atoms with van der Waals surface area (Å²) in [6.07, 6.45) is 2.57. The fraction of sp³-hybridized carbons (Fsp3) is 0.548. The Hall–Kier alpha value is -2.86. The summed E-state index contributed by atoms with van der Waals surface area (Å²) in [5, 5.41) is 2.91. The van der Waals surface area contributed by atoms with Crippen molar-refractivity contribution in [1.29, 1.82) is 0 Å². The summed E-state index contributed by atoms with van der Waals surface area (Å²) in [6, 6.07) is 17.7. The monoisotopic (exact) mass is 513 g/mol. The van der Waals surface area contributed by atoms with Crippen LogP contribution in [0.25, 0.3) is 11.1 Å². The number of anilines is 1. The van der Waals surface area contributed by atoms with Crippen molar-refractivity contribution in [3.63, 3.8) is 0 Å². The Morgan fingerprint density at radius 1 is 0.919 bits per heavy atom. The Balaban J connectivity index is 0.00000201. The second-order valence-electron chi connectivity index (χ2n) is 8.05. The van der Waals surface area contributed by atoms with E-state index in [0.717, 1.165) is 62.3 Å². The maximum atomic E-state index is 12.5. The lowest BCUT2D eigenvalue weighted by Crippen LogP contribution is -2.40. The fourth-order valence-electron chi connectivity index (χ4n) is 3.91. The average molecular weight is 514 g/mol. The average Bonchev–Trinajstić information content (AvgIpc) is 2.96. The van der Waals surface area contributed by atoms with Crippen molar-refractivity contribution < 1.29 is 14.3 Å². The van der Waals surface area contributed by atoms with Gasteiger partial charge in [0.15, 0.2) is 0 Å². The van der Waals surface area contributed by atoms with Crippen molar-refractivity contribution in [2.75, 3.05) is 38.5 Å². The second-order valence-corrected chi connectivity index (χ2v) is 8.05. The smallest absolute Gasteiger partial charge is 0.411 e. The van der Waals surface area contributed by atoms with Gasteiger partial charge in [0.2, 0.25) is 5.91 Å². The van der Waals surface area contributed by atoms with E-state index in [4.69, 9.17) is 4.74 Å². The number of rotatable bonds is 8. The number of carbonyl (C=O) groups excluding carboxylic acids is 2. The standard InChI is InChI=1S/C25H33N3O3.3C2H6/c1-3-16-27(2)24(29)15-19-28-17-13-21(14-18-28)31-25(30)26-23-12-8-7-11-22(23)20-9-5-4-6-10-20;3*1-2/h4-12,21H,3,13-19H2,1-2H3,(H,26,30);3*1-2H3. The van der Waals surface area contributed by atoms with Gasteiger partial charge in [-0.3, -0.25) is 10.1 Å². The van der Waals surface area contributed by atoms with Gasteiger partial charge in [0, 0.05) is 45.2 Å². The number of benzene rings is 2. The zero-order valence-corrected chi connectivity index (χ0v) is 24.5. The molecule has 2 aromatic rings. The lowest BCUT2D eigenvalue weighted by atomic mass is 10.0. The van der Waals surface area contributed by atoms with Crippen molar-refractivity contribution in [1.82, 2.24) is 9.80 Å². The number of nitrogens with one attached hydrogen (secondary N) is 1. The van der Waals surface area contributed by atoms with Crippen molar-refractivity contribution in [2.24, 2.45) is 0 Å². The summed E-state index contributed by atoms with van der Waals surface area (Å²) in [4.78, 5) is 28.7. The van der Waals surface area contributed by atoms with Gasteiger partial charge in [0.25, 0.3) is 0 Å². The molecule has 208 valence electrons. The molecule has 3 rings (SSSR count). The molecule has 6 nitrogen and oxygen atoms in total. The van der Waals surface area contributed by atoms with Crippen LogP contribution in [-0.2, 0) is 9.53 Å². The van der Waals surface area contributed by atoms with E-state index in [1.54, 1.807) is 4.90 Å². The zero-order valence-electron chi connectivity index (χ0n) is 24.5. The maximum Gasteiger partial charge on any atom is 0.411 e. The Bertz CT molecular complexity index is 850. The highest BCUT2D eigenvalue weighted by molar-refractivity contribution is 5.91. The molecular weight excluding hydrogens is 462 g/mol. The highest BCUT2D eigenvalue weighted by Gasteiger charge is 2.23. The van der Waals surface area contributed by atoms with Gasteiger partial charge in [-0.05, 0) is 30.9 Å². The molecule has 6 heteroatoms. The summed E-state index contributed by atoms with van der Waals surface area (Å²) in [6.45, 7) is 17.3. The van der Waals surface area contributed by atoms with Crippen molar-refractivity contribution in [2.45, 2.75) is 80.3 Å². The molecule has 1 aliphatic rings. The highest BCUT2D eigenvalue weighted by Crippen LogP contribution is 2.28. The first-order chi connectivity index (χ1) is 18.1. The summed E-state index contributed by atoms with van der Waals surface area (Å²) < 4.78 is 5.68. The van der Waals surface area contributed by atoms with E-state index in [-0.39, 0.29) is 12.0 Å². The van der Waals surface area contributed by atoms with Crippen LogP contribution in [0, 0.1) is 0 Å². The lowest BCUT2D eigenvalue weighted by molar-refractivity contribution is -0.130. The number of amides is 2. The van der Waals surface area contributed by atoms with Gasteiger partial charge in [-0.2, -0.15) is 0 Å². The number of nitrogens with zero attached hydrogens (tertiary/aromatic N) is 2. The van der Waals surface area contributed by atoms with Crippen LogP contribution in [0.2, 0.25) is 0 Å². The molecule has 1 N–H and O–H groups in total. The van der Waals surface area contributed by atoms with E-state index in [1.807, 2.05) is 103 Å². The quantitative estimate of drug-likeness (QED) is 0.393. The van der Waals surface area contributed by atoms with Crippen LogP contribution >= 0.6 is 0 Å². The molecule has 1 fully saturated rings. The largest absolute Gasteiger partial charge is 0.446 e. The SMILES string of the molecule is CC.CC.CC.CCCN(C)C(=O)CCN1CCC(OC(=O)Nc2ccccc2-c2ccccc2)CC1. The third-order valence-corrected chi connectivity index (χ3v) is 5.68. The molecule has 0 saturated carbocycles. The lowest BCUT2D eigenvalue weighted by Gasteiger charge is -2.31. The molecular formula is C31H51N3O3. The zero-order chi connectivity index (χ0) is 28.1.